The minimum absolute atomic E-state index is 0.0809. The van der Waals surface area contributed by atoms with Crippen LogP contribution in [0.4, 0.5) is 0 Å². The van der Waals surface area contributed by atoms with Gasteiger partial charge in [0, 0.05) is 17.7 Å². The first-order valence-corrected chi connectivity index (χ1v) is 8.54. The van der Waals surface area contributed by atoms with Crippen molar-refractivity contribution >= 4 is 11.9 Å². The quantitative estimate of drug-likeness (QED) is 0.753. The Morgan fingerprint density at radius 1 is 1.07 bits per heavy atom. The number of ether oxygens (including phenoxy) is 4. The Labute approximate surface area is 157 Å². The van der Waals surface area contributed by atoms with Gasteiger partial charge < -0.3 is 24.3 Å². The summed E-state index contributed by atoms with van der Waals surface area (Å²) in [6.07, 6.45) is 0. The topological polar surface area (TPSA) is 83.1 Å². The average molecular weight is 371 g/mol. The number of benzene rings is 2. The molecule has 0 aromatic heterocycles. The number of rotatable bonds is 7. The molecule has 1 heterocycles. The third kappa shape index (κ3) is 3.67. The van der Waals surface area contributed by atoms with E-state index in [4.69, 9.17) is 18.9 Å². The highest BCUT2D eigenvalue weighted by Crippen LogP contribution is 2.44. The van der Waals surface area contributed by atoms with Crippen LogP contribution in [-0.2, 0) is 16.1 Å². The Kier molecular flexibility index (Phi) is 5.49. The first kappa shape index (κ1) is 18.6. The summed E-state index contributed by atoms with van der Waals surface area (Å²) in [5, 5.41) is 2.80. The Balaban J connectivity index is 2.03. The van der Waals surface area contributed by atoms with Crippen LogP contribution in [0.15, 0.2) is 30.3 Å². The third-order valence-electron chi connectivity index (χ3n) is 4.24. The van der Waals surface area contributed by atoms with E-state index in [0.29, 0.717) is 29.4 Å². The maximum Gasteiger partial charge on any atom is 0.344 e. The first-order valence-electron chi connectivity index (χ1n) is 8.54. The molecular formula is C20H21NO6. The Morgan fingerprint density at radius 2 is 1.85 bits per heavy atom. The van der Waals surface area contributed by atoms with Crippen LogP contribution in [0, 0.1) is 0 Å². The molecule has 0 spiro atoms. The lowest BCUT2D eigenvalue weighted by molar-refractivity contribution is -0.145. The van der Waals surface area contributed by atoms with E-state index in [1.807, 2.05) is 18.2 Å². The summed E-state index contributed by atoms with van der Waals surface area (Å²) < 4.78 is 21.5. The van der Waals surface area contributed by atoms with Crippen molar-refractivity contribution in [3.63, 3.8) is 0 Å². The van der Waals surface area contributed by atoms with Crippen molar-refractivity contribution in [1.82, 2.24) is 5.32 Å². The molecule has 0 aliphatic carbocycles. The Morgan fingerprint density at radius 3 is 2.56 bits per heavy atom. The molecule has 0 radical (unpaired) electrons. The van der Waals surface area contributed by atoms with Crippen LogP contribution in [0.2, 0.25) is 0 Å². The predicted octanol–water partition coefficient (Wildman–Crippen LogP) is 2.56. The summed E-state index contributed by atoms with van der Waals surface area (Å²) in [6.45, 7) is 2.23. The van der Waals surface area contributed by atoms with Gasteiger partial charge in [-0.25, -0.2) is 4.79 Å². The monoisotopic (exact) mass is 371 g/mol. The molecular weight excluding hydrogens is 350 g/mol. The molecule has 3 rings (SSSR count). The summed E-state index contributed by atoms with van der Waals surface area (Å²) in [4.78, 5) is 23.5. The van der Waals surface area contributed by atoms with Gasteiger partial charge in [0.05, 0.1) is 20.8 Å². The summed E-state index contributed by atoms with van der Waals surface area (Å²) in [7, 11) is 3.03. The van der Waals surface area contributed by atoms with Gasteiger partial charge in [0.1, 0.15) is 0 Å². The fraction of sp³-hybridized carbons (Fsp3) is 0.300. The van der Waals surface area contributed by atoms with E-state index >= 15 is 0 Å². The number of carbonyl (C=O) groups is 2. The first-order chi connectivity index (χ1) is 13.1. The van der Waals surface area contributed by atoms with E-state index in [2.05, 4.69) is 5.32 Å². The zero-order chi connectivity index (χ0) is 19.4. The number of hydrogen-bond acceptors (Lipinski definition) is 6. The van der Waals surface area contributed by atoms with Crippen molar-refractivity contribution in [3.05, 3.63) is 41.5 Å². The SMILES string of the molecule is CCOC(=O)COc1c(-c2ccc3c(c2)CNC3=O)ccc(OC)c1OC. The second-order valence-electron chi connectivity index (χ2n) is 5.83. The van der Waals surface area contributed by atoms with Gasteiger partial charge in [0.15, 0.2) is 18.1 Å². The van der Waals surface area contributed by atoms with Gasteiger partial charge >= 0.3 is 5.97 Å². The Bertz CT molecular complexity index is 877. The van der Waals surface area contributed by atoms with Gasteiger partial charge in [-0.2, -0.15) is 0 Å². The van der Waals surface area contributed by atoms with Crippen molar-refractivity contribution in [1.29, 1.82) is 0 Å². The van der Waals surface area contributed by atoms with Gasteiger partial charge in [-0.3, -0.25) is 4.79 Å². The molecule has 1 aliphatic rings. The molecule has 2 aromatic carbocycles. The lowest BCUT2D eigenvalue weighted by atomic mass is 9.99. The highest BCUT2D eigenvalue weighted by Gasteiger charge is 2.22. The van der Waals surface area contributed by atoms with Crippen molar-refractivity contribution in [3.8, 4) is 28.4 Å². The normalized spacial score (nSPS) is 12.2. The molecule has 0 unspecified atom stereocenters. The lowest BCUT2D eigenvalue weighted by Gasteiger charge is -2.17. The fourth-order valence-electron chi connectivity index (χ4n) is 3.00. The number of methoxy groups -OCH3 is 2. The van der Waals surface area contributed by atoms with Crippen LogP contribution >= 0.6 is 0 Å². The summed E-state index contributed by atoms with van der Waals surface area (Å²) in [5.74, 6) is 0.689. The van der Waals surface area contributed by atoms with E-state index in [9.17, 15) is 9.59 Å². The van der Waals surface area contributed by atoms with Crippen molar-refractivity contribution < 1.29 is 28.5 Å². The van der Waals surface area contributed by atoms with Crippen molar-refractivity contribution in [2.24, 2.45) is 0 Å². The molecule has 0 bridgehead atoms. The van der Waals surface area contributed by atoms with E-state index in [0.717, 1.165) is 16.7 Å². The molecule has 27 heavy (non-hydrogen) atoms. The number of nitrogens with one attached hydrogen (secondary N) is 1. The molecule has 0 fully saturated rings. The fourth-order valence-corrected chi connectivity index (χ4v) is 3.00. The molecule has 7 nitrogen and oxygen atoms in total. The smallest absolute Gasteiger partial charge is 0.344 e. The summed E-state index contributed by atoms with van der Waals surface area (Å²) in [6, 6.07) is 9.13. The van der Waals surface area contributed by atoms with E-state index < -0.39 is 5.97 Å². The van der Waals surface area contributed by atoms with Gasteiger partial charge in [0.25, 0.3) is 5.91 Å². The summed E-state index contributed by atoms with van der Waals surface area (Å²) >= 11 is 0. The number of carbonyl (C=O) groups excluding carboxylic acids is 2. The molecule has 142 valence electrons. The van der Waals surface area contributed by atoms with E-state index in [1.165, 1.54) is 14.2 Å². The maximum absolute atomic E-state index is 11.8. The lowest BCUT2D eigenvalue weighted by Crippen LogP contribution is -2.15. The van der Waals surface area contributed by atoms with Gasteiger partial charge in [-0.05, 0) is 42.3 Å². The zero-order valence-corrected chi connectivity index (χ0v) is 15.5. The molecule has 1 aliphatic heterocycles. The molecule has 1 N–H and O–H groups in total. The van der Waals surface area contributed by atoms with Gasteiger partial charge in [0.2, 0.25) is 5.75 Å². The van der Waals surface area contributed by atoms with Crippen molar-refractivity contribution in [2.75, 3.05) is 27.4 Å². The van der Waals surface area contributed by atoms with Crippen LogP contribution in [0.25, 0.3) is 11.1 Å². The largest absolute Gasteiger partial charge is 0.493 e. The second-order valence-corrected chi connectivity index (χ2v) is 5.83. The van der Waals surface area contributed by atoms with Crippen LogP contribution < -0.4 is 19.5 Å². The van der Waals surface area contributed by atoms with Crippen LogP contribution in [-0.4, -0.2) is 39.3 Å². The van der Waals surface area contributed by atoms with Crippen LogP contribution in [0.5, 0.6) is 17.2 Å². The highest BCUT2D eigenvalue weighted by molar-refractivity contribution is 5.99. The van der Waals surface area contributed by atoms with E-state index in [1.54, 1.807) is 19.1 Å². The van der Waals surface area contributed by atoms with Crippen molar-refractivity contribution in [2.45, 2.75) is 13.5 Å². The minimum atomic E-state index is -0.475. The zero-order valence-electron chi connectivity index (χ0n) is 15.5. The number of hydrogen-bond donors (Lipinski definition) is 1. The number of fused-ring (bicyclic) bond motifs is 1. The molecule has 2 aromatic rings. The number of amides is 1. The minimum Gasteiger partial charge on any atom is -0.493 e. The molecule has 0 saturated heterocycles. The Hall–Kier alpha value is -3.22. The number of esters is 1. The predicted molar refractivity (Wildman–Crippen MR) is 98.3 cm³/mol. The maximum atomic E-state index is 11.8. The average Bonchev–Trinajstić information content (AvgIpc) is 3.05. The summed E-state index contributed by atoms with van der Waals surface area (Å²) in [5.41, 5.74) is 3.13. The van der Waals surface area contributed by atoms with E-state index in [-0.39, 0.29) is 19.1 Å². The molecule has 1 amide bonds. The van der Waals surface area contributed by atoms with Crippen LogP contribution in [0.3, 0.4) is 0 Å². The standard InChI is InChI=1S/C20H21NO6/c1-4-26-17(22)11-27-18-14(7-8-16(24-2)19(18)25-3)12-5-6-15-13(9-12)10-21-20(15)23/h5-9H,4,10-11H2,1-3H3,(H,21,23). The third-order valence-corrected chi connectivity index (χ3v) is 4.24. The molecule has 7 heteroatoms. The van der Waals surface area contributed by atoms with Crippen LogP contribution in [0.1, 0.15) is 22.8 Å². The van der Waals surface area contributed by atoms with Gasteiger partial charge in [-0.15, -0.1) is 0 Å². The highest BCUT2D eigenvalue weighted by atomic mass is 16.6. The second kappa shape index (κ2) is 7.99. The molecule has 0 saturated carbocycles. The van der Waals surface area contributed by atoms with Gasteiger partial charge in [-0.1, -0.05) is 6.07 Å². The molecule has 0 atom stereocenters.